The number of piperidine rings is 1. The minimum Gasteiger partial charge on any atom is -0.399 e. The molecule has 0 radical (unpaired) electrons. The maximum absolute atomic E-state index is 12.1. The van der Waals surface area contributed by atoms with E-state index >= 15 is 0 Å². The monoisotopic (exact) mass is 275 g/mol. The van der Waals surface area contributed by atoms with Crippen LogP contribution in [-0.4, -0.2) is 29.9 Å². The van der Waals surface area contributed by atoms with E-state index in [9.17, 15) is 4.79 Å². The summed E-state index contributed by atoms with van der Waals surface area (Å²) in [5, 5.41) is 2.93. The Hall–Kier alpha value is -1.55. The van der Waals surface area contributed by atoms with Gasteiger partial charge in [0.25, 0.3) is 0 Å². The molecule has 1 saturated heterocycles. The highest BCUT2D eigenvalue weighted by Gasteiger charge is 2.23. The fourth-order valence-electron chi connectivity index (χ4n) is 2.93. The lowest BCUT2D eigenvalue weighted by Crippen LogP contribution is -2.43. The standard InChI is InChI=1S/C16H25N3O/c1-2-6-15-9-3-4-10-19(15)12-16(20)18-14-8-5-7-13(17)11-14/h5,7-8,11,15H,2-4,6,9-10,12,17H2,1H3,(H,18,20). The van der Waals surface area contributed by atoms with Crippen molar-refractivity contribution >= 4 is 17.3 Å². The first-order valence-corrected chi connectivity index (χ1v) is 7.58. The number of carbonyl (C=O) groups excluding carboxylic acids is 1. The molecule has 1 aromatic carbocycles. The van der Waals surface area contributed by atoms with Crippen LogP contribution in [0.4, 0.5) is 11.4 Å². The quantitative estimate of drug-likeness (QED) is 0.812. The van der Waals surface area contributed by atoms with Gasteiger partial charge in [0, 0.05) is 17.4 Å². The zero-order chi connectivity index (χ0) is 14.4. The van der Waals surface area contributed by atoms with E-state index in [-0.39, 0.29) is 5.91 Å². The van der Waals surface area contributed by atoms with Crippen molar-refractivity contribution in [2.75, 3.05) is 24.1 Å². The van der Waals surface area contributed by atoms with Crippen LogP contribution >= 0.6 is 0 Å². The first-order valence-electron chi connectivity index (χ1n) is 7.58. The van der Waals surface area contributed by atoms with Gasteiger partial charge >= 0.3 is 0 Å². The van der Waals surface area contributed by atoms with E-state index in [0.717, 1.165) is 12.2 Å². The molecule has 1 aliphatic rings. The van der Waals surface area contributed by atoms with Crippen LogP contribution in [-0.2, 0) is 4.79 Å². The molecule has 110 valence electrons. The highest BCUT2D eigenvalue weighted by Crippen LogP contribution is 2.20. The number of hydrogen-bond donors (Lipinski definition) is 2. The number of nitrogens with one attached hydrogen (secondary N) is 1. The summed E-state index contributed by atoms with van der Waals surface area (Å²) in [6, 6.07) is 7.90. The topological polar surface area (TPSA) is 58.4 Å². The molecule has 2 rings (SSSR count). The van der Waals surface area contributed by atoms with Crippen LogP contribution < -0.4 is 11.1 Å². The first-order chi connectivity index (χ1) is 9.69. The average molecular weight is 275 g/mol. The van der Waals surface area contributed by atoms with Crippen LogP contribution in [0.15, 0.2) is 24.3 Å². The lowest BCUT2D eigenvalue weighted by atomic mass is 9.98. The molecule has 1 aromatic rings. The Morgan fingerprint density at radius 3 is 3.05 bits per heavy atom. The van der Waals surface area contributed by atoms with E-state index in [1.54, 1.807) is 6.07 Å². The van der Waals surface area contributed by atoms with Gasteiger partial charge in [-0.1, -0.05) is 25.8 Å². The number of nitrogen functional groups attached to an aromatic ring is 1. The van der Waals surface area contributed by atoms with Gasteiger partial charge in [-0.15, -0.1) is 0 Å². The Kier molecular flexibility index (Phi) is 5.41. The molecule has 1 aliphatic heterocycles. The molecule has 20 heavy (non-hydrogen) atoms. The van der Waals surface area contributed by atoms with Crippen molar-refractivity contribution in [1.29, 1.82) is 0 Å². The van der Waals surface area contributed by atoms with E-state index in [0.29, 0.717) is 18.3 Å². The Labute approximate surface area is 121 Å². The first kappa shape index (κ1) is 14.9. The number of likely N-dealkylation sites (tertiary alicyclic amines) is 1. The van der Waals surface area contributed by atoms with E-state index in [1.807, 2.05) is 18.2 Å². The molecular formula is C16H25N3O. The van der Waals surface area contributed by atoms with E-state index in [2.05, 4.69) is 17.1 Å². The second-order valence-electron chi connectivity index (χ2n) is 5.58. The molecule has 0 aliphatic carbocycles. The van der Waals surface area contributed by atoms with Gasteiger partial charge in [-0.3, -0.25) is 9.69 Å². The van der Waals surface area contributed by atoms with Crippen LogP contribution in [0, 0.1) is 0 Å². The molecule has 4 nitrogen and oxygen atoms in total. The van der Waals surface area contributed by atoms with Gasteiger partial charge < -0.3 is 11.1 Å². The zero-order valence-electron chi connectivity index (χ0n) is 12.3. The molecule has 1 heterocycles. The Morgan fingerprint density at radius 1 is 1.45 bits per heavy atom. The number of rotatable bonds is 5. The second-order valence-corrected chi connectivity index (χ2v) is 5.58. The van der Waals surface area contributed by atoms with E-state index in [4.69, 9.17) is 5.73 Å². The molecule has 1 unspecified atom stereocenters. The predicted molar refractivity (Wildman–Crippen MR) is 83.6 cm³/mol. The van der Waals surface area contributed by atoms with Crippen LogP contribution in [0.3, 0.4) is 0 Å². The third-order valence-corrected chi connectivity index (χ3v) is 3.89. The van der Waals surface area contributed by atoms with Gasteiger partial charge in [0.05, 0.1) is 6.54 Å². The molecule has 1 amide bonds. The van der Waals surface area contributed by atoms with Crippen molar-refractivity contribution in [3.8, 4) is 0 Å². The molecule has 0 saturated carbocycles. The summed E-state index contributed by atoms with van der Waals surface area (Å²) in [6.45, 7) is 3.73. The zero-order valence-corrected chi connectivity index (χ0v) is 12.3. The highest BCUT2D eigenvalue weighted by atomic mass is 16.2. The van der Waals surface area contributed by atoms with E-state index in [1.165, 1.54) is 32.1 Å². The van der Waals surface area contributed by atoms with Crippen LogP contribution in [0.1, 0.15) is 39.0 Å². The maximum Gasteiger partial charge on any atom is 0.238 e. The van der Waals surface area contributed by atoms with Crippen molar-refractivity contribution < 1.29 is 4.79 Å². The fourth-order valence-corrected chi connectivity index (χ4v) is 2.93. The molecule has 1 fully saturated rings. The lowest BCUT2D eigenvalue weighted by molar-refractivity contribution is -0.118. The molecule has 4 heteroatoms. The summed E-state index contributed by atoms with van der Waals surface area (Å²) < 4.78 is 0. The number of nitrogens with zero attached hydrogens (tertiary/aromatic N) is 1. The minimum atomic E-state index is 0.0543. The smallest absolute Gasteiger partial charge is 0.238 e. The van der Waals surface area contributed by atoms with Crippen LogP contribution in [0.2, 0.25) is 0 Å². The third-order valence-electron chi connectivity index (χ3n) is 3.89. The molecule has 1 atom stereocenters. The molecule has 0 bridgehead atoms. The van der Waals surface area contributed by atoms with Gasteiger partial charge in [-0.2, -0.15) is 0 Å². The van der Waals surface area contributed by atoms with Gasteiger partial charge in [0.15, 0.2) is 0 Å². The number of hydrogen-bond acceptors (Lipinski definition) is 3. The van der Waals surface area contributed by atoms with Gasteiger partial charge in [-0.25, -0.2) is 0 Å². The van der Waals surface area contributed by atoms with Crippen molar-refractivity contribution in [2.45, 2.75) is 45.1 Å². The maximum atomic E-state index is 12.1. The number of carbonyl (C=O) groups is 1. The SMILES string of the molecule is CCCC1CCCCN1CC(=O)Nc1cccc(N)c1. The summed E-state index contributed by atoms with van der Waals surface area (Å²) in [4.78, 5) is 14.5. The van der Waals surface area contributed by atoms with Crippen LogP contribution in [0.5, 0.6) is 0 Å². The van der Waals surface area contributed by atoms with Gasteiger partial charge in [-0.05, 0) is 44.0 Å². The molecule has 3 N–H and O–H groups in total. The van der Waals surface area contributed by atoms with Crippen molar-refractivity contribution in [1.82, 2.24) is 4.90 Å². The van der Waals surface area contributed by atoms with Crippen molar-refractivity contribution in [2.24, 2.45) is 0 Å². The number of amides is 1. The normalized spacial score (nSPS) is 19.8. The molecule has 0 aromatic heterocycles. The Morgan fingerprint density at radius 2 is 2.30 bits per heavy atom. The summed E-state index contributed by atoms with van der Waals surface area (Å²) in [7, 11) is 0. The van der Waals surface area contributed by atoms with Gasteiger partial charge in [0.2, 0.25) is 5.91 Å². The molecule has 0 spiro atoms. The van der Waals surface area contributed by atoms with Gasteiger partial charge in [0.1, 0.15) is 0 Å². The number of benzene rings is 1. The summed E-state index contributed by atoms with van der Waals surface area (Å²) in [6.07, 6.45) is 6.08. The Bertz CT molecular complexity index is 445. The number of nitrogens with two attached hydrogens (primary N) is 1. The fraction of sp³-hybridized carbons (Fsp3) is 0.562. The lowest BCUT2D eigenvalue weighted by Gasteiger charge is -2.35. The largest absolute Gasteiger partial charge is 0.399 e. The number of anilines is 2. The minimum absolute atomic E-state index is 0.0543. The summed E-state index contributed by atoms with van der Waals surface area (Å²) in [5.41, 5.74) is 7.17. The Balaban J connectivity index is 1.89. The average Bonchev–Trinajstić information content (AvgIpc) is 2.41. The summed E-state index contributed by atoms with van der Waals surface area (Å²) in [5.74, 6) is 0.0543. The molecular weight excluding hydrogens is 250 g/mol. The second kappa shape index (κ2) is 7.29. The van der Waals surface area contributed by atoms with E-state index < -0.39 is 0 Å². The highest BCUT2D eigenvalue weighted by molar-refractivity contribution is 5.92. The third kappa shape index (κ3) is 4.23. The summed E-state index contributed by atoms with van der Waals surface area (Å²) >= 11 is 0. The van der Waals surface area contributed by atoms with Crippen molar-refractivity contribution in [3.63, 3.8) is 0 Å². The van der Waals surface area contributed by atoms with Crippen molar-refractivity contribution in [3.05, 3.63) is 24.3 Å². The predicted octanol–water partition coefficient (Wildman–Crippen LogP) is 2.86. The van der Waals surface area contributed by atoms with Crippen LogP contribution in [0.25, 0.3) is 0 Å².